The average molecular weight is 355 g/mol. The Morgan fingerprint density at radius 2 is 1.85 bits per heavy atom. The summed E-state index contributed by atoms with van der Waals surface area (Å²) in [5, 5.41) is 4.14. The minimum Gasteiger partial charge on any atom is -0.494 e. The third kappa shape index (κ3) is 4.51. The van der Waals surface area contributed by atoms with Crippen LogP contribution < -0.4 is 10.1 Å². The van der Waals surface area contributed by atoms with Crippen LogP contribution in [0.4, 0.5) is 0 Å². The van der Waals surface area contributed by atoms with Gasteiger partial charge in [-0.2, -0.15) is 0 Å². The fourth-order valence-corrected chi connectivity index (χ4v) is 2.36. The van der Waals surface area contributed by atoms with Crippen LogP contribution in [0.2, 0.25) is 5.02 Å². The molecule has 2 rings (SSSR count). The summed E-state index contributed by atoms with van der Waals surface area (Å²) in [6.45, 7) is 4.26. The van der Waals surface area contributed by atoms with Gasteiger partial charge in [0.05, 0.1) is 11.6 Å². The number of nitrogens with one attached hydrogen (secondary N) is 1. The molecule has 2 aromatic rings. The van der Waals surface area contributed by atoms with Gasteiger partial charge in [-0.15, -0.1) is 0 Å². The smallest absolute Gasteiger partial charge is 0.119 e. The quantitative estimate of drug-likeness (QED) is 0.805. The summed E-state index contributed by atoms with van der Waals surface area (Å²) in [6, 6.07) is 14.1. The second kappa shape index (κ2) is 7.67. The van der Waals surface area contributed by atoms with Crippen LogP contribution in [0.5, 0.6) is 5.75 Å². The number of halogens is 2. The molecule has 2 nitrogen and oxygen atoms in total. The first kappa shape index (κ1) is 15.4. The fourth-order valence-electron chi connectivity index (χ4n) is 1.91. The molecule has 0 fully saturated rings. The molecule has 0 aliphatic rings. The minimum absolute atomic E-state index is 0.689. The SMILES string of the molecule is CCOc1cccc(CNCc2ccc(Br)c(Cl)c2)c1. The lowest BCUT2D eigenvalue weighted by Crippen LogP contribution is -2.12. The second-order valence-corrected chi connectivity index (χ2v) is 5.69. The van der Waals surface area contributed by atoms with Crippen molar-refractivity contribution in [3.8, 4) is 5.75 Å². The van der Waals surface area contributed by atoms with E-state index in [-0.39, 0.29) is 0 Å². The molecular weight excluding hydrogens is 338 g/mol. The van der Waals surface area contributed by atoms with Gasteiger partial charge in [-0.25, -0.2) is 0 Å². The molecule has 0 spiro atoms. The highest BCUT2D eigenvalue weighted by atomic mass is 79.9. The third-order valence-corrected chi connectivity index (χ3v) is 4.08. The molecule has 106 valence electrons. The normalized spacial score (nSPS) is 10.6. The van der Waals surface area contributed by atoms with Crippen LogP contribution in [0.1, 0.15) is 18.1 Å². The Labute approximate surface area is 133 Å². The molecule has 4 heteroatoms. The molecule has 0 aromatic heterocycles. The van der Waals surface area contributed by atoms with Crippen LogP contribution in [0, 0.1) is 0 Å². The van der Waals surface area contributed by atoms with Gasteiger partial charge in [-0.05, 0) is 58.2 Å². The van der Waals surface area contributed by atoms with Gasteiger partial charge in [0.2, 0.25) is 0 Å². The van der Waals surface area contributed by atoms with E-state index >= 15 is 0 Å². The van der Waals surface area contributed by atoms with Gasteiger partial charge in [0.1, 0.15) is 5.75 Å². The molecule has 0 saturated heterocycles. The molecule has 2 aromatic carbocycles. The molecule has 20 heavy (non-hydrogen) atoms. The summed E-state index contributed by atoms with van der Waals surface area (Å²) in [4.78, 5) is 0. The molecular formula is C16H17BrClNO. The van der Waals surface area contributed by atoms with Gasteiger partial charge in [-0.1, -0.05) is 29.8 Å². The van der Waals surface area contributed by atoms with E-state index in [2.05, 4.69) is 39.4 Å². The van der Waals surface area contributed by atoms with Gasteiger partial charge in [-0.3, -0.25) is 0 Å². The first-order valence-corrected chi connectivity index (χ1v) is 7.72. The molecule has 0 amide bonds. The van der Waals surface area contributed by atoms with Crippen molar-refractivity contribution < 1.29 is 4.74 Å². The van der Waals surface area contributed by atoms with Gasteiger partial charge >= 0.3 is 0 Å². The number of hydrogen-bond donors (Lipinski definition) is 1. The van der Waals surface area contributed by atoms with E-state index in [0.717, 1.165) is 28.3 Å². The Morgan fingerprint density at radius 3 is 2.55 bits per heavy atom. The van der Waals surface area contributed by atoms with Gasteiger partial charge in [0, 0.05) is 17.6 Å². The molecule has 0 heterocycles. The van der Waals surface area contributed by atoms with Crippen LogP contribution in [-0.4, -0.2) is 6.61 Å². The molecule has 0 aliphatic carbocycles. The lowest BCUT2D eigenvalue weighted by atomic mass is 10.2. The molecule has 0 unspecified atom stereocenters. The lowest BCUT2D eigenvalue weighted by molar-refractivity contribution is 0.340. The maximum atomic E-state index is 6.07. The fraction of sp³-hybridized carbons (Fsp3) is 0.250. The van der Waals surface area contributed by atoms with Crippen molar-refractivity contribution in [2.75, 3.05) is 6.61 Å². The molecule has 1 N–H and O–H groups in total. The molecule has 0 radical (unpaired) electrons. The summed E-state index contributed by atoms with van der Waals surface area (Å²) in [6.07, 6.45) is 0. The average Bonchev–Trinajstić information content (AvgIpc) is 2.44. The largest absolute Gasteiger partial charge is 0.494 e. The van der Waals surface area contributed by atoms with E-state index in [4.69, 9.17) is 16.3 Å². The van der Waals surface area contributed by atoms with E-state index in [0.29, 0.717) is 6.61 Å². The van der Waals surface area contributed by atoms with Crippen molar-refractivity contribution in [3.05, 3.63) is 63.1 Å². The van der Waals surface area contributed by atoms with E-state index in [1.54, 1.807) is 0 Å². The van der Waals surface area contributed by atoms with Crippen molar-refractivity contribution in [1.82, 2.24) is 5.32 Å². The van der Waals surface area contributed by atoms with Crippen LogP contribution >= 0.6 is 27.5 Å². The van der Waals surface area contributed by atoms with Crippen molar-refractivity contribution in [1.29, 1.82) is 0 Å². The van der Waals surface area contributed by atoms with Crippen molar-refractivity contribution in [2.45, 2.75) is 20.0 Å². The molecule has 0 bridgehead atoms. The molecule has 0 saturated carbocycles. The standard InChI is InChI=1S/C16H17BrClNO/c1-2-20-14-5-3-4-12(8-14)10-19-11-13-6-7-15(17)16(18)9-13/h3-9,19H,2,10-11H2,1H3. The van der Waals surface area contributed by atoms with Crippen LogP contribution in [0.3, 0.4) is 0 Å². The van der Waals surface area contributed by atoms with Gasteiger partial charge in [0.25, 0.3) is 0 Å². The number of hydrogen-bond acceptors (Lipinski definition) is 2. The zero-order valence-corrected chi connectivity index (χ0v) is 13.7. The highest BCUT2D eigenvalue weighted by molar-refractivity contribution is 9.10. The van der Waals surface area contributed by atoms with E-state index in [1.807, 2.05) is 31.2 Å². The monoisotopic (exact) mass is 353 g/mol. The van der Waals surface area contributed by atoms with E-state index in [9.17, 15) is 0 Å². The summed E-state index contributed by atoms with van der Waals surface area (Å²) in [5.74, 6) is 0.915. The molecule has 0 aliphatic heterocycles. The summed E-state index contributed by atoms with van der Waals surface area (Å²) < 4.78 is 6.41. The maximum Gasteiger partial charge on any atom is 0.119 e. The Hall–Kier alpha value is -1.03. The van der Waals surface area contributed by atoms with Crippen LogP contribution in [0.25, 0.3) is 0 Å². The number of rotatable bonds is 6. The van der Waals surface area contributed by atoms with Crippen molar-refractivity contribution >= 4 is 27.5 Å². The summed E-state index contributed by atoms with van der Waals surface area (Å²) in [7, 11) is 0. The Balaban J connectivity index is 1.89. The predicted molar refractivity (Wildman–Crippen MR) is 87.3 cm³/mol. The van der Waals surface area contributed by atoms with Crippen molar-refractivity contribution in [3.63, 3.8) is 0 Å². The highest BCUT2D eigenvalue weighted by Crippen LogP contribution is 2.23. The Kier molecular flexibility index (Phi) is 5.89. The number of benzene rings is 2. The molecule has 0 atom stereocenters. The second-order valence-electron chi connectivity index (χ2n) is 4.43. The van der Waals surface area contributed by atoms with Gasteiger partial charge < -0.3 is 10.1 Å². The van der Waals surface area contributed by atoms with Crippen LogP contribution in [0.15, 0.2) is 46.9 Å². The zero-order chi connectivity index (χ0) is 14.4. The first-order chi connectivity index (χ1) is 9.69. The van der Waals surface area contributed by atoms with Gasteiger partial charge in [0.15, 0.2) is 0 Å². The highest BCUT2D eigenvalue weighted by Gasteiger charge is 2.00. The zero-order valence-electron chi connectivity index (χ0n) is 11.3. The predicted octanol–water partition coefficient (Wildman–Crippen LogP) is 4.79. The Bertz CT molecular complexity index is 574. The summed E-state index contributed by atoms with van der Waals surface area (Å²) in [5.41, 5.74) is 2.37. The van der Waals surface area contributed by atoms with E-state index < -0.39 is 0 Å². The third-order valence-electron chi connectivity index (χ3n) is 2.85. The Morgan fingerprint density at radius 1 is 1.10 bits per heavy atom. The minimum atomic E-state index is 0.689. The lowest BCUT2D eigenvalue weighted by Gasteiger charge is -2.08. The first-order valence-electron chi connectivity index (χ1n) is 6.55. The van der Waals surface area contributed by atoms with Crippen molar-refractivity contribution in [2.24, 2.45) is 0 Å². The topological polar surface area (TPSA) is 21.3 Å². The van der Waals surface area contributed by atoms with Crippen LogP contribution in [-0.2, 0) is 13.1 Å². The van der Waals surface area contributed by atoms with E-state index in [1.165, 1.54) is 11.1 Å². The summed E-state index contributed by atoms with van der Waals surface area (Å²) >= 11 is 9.46. The maximum absolute atomic E-state index is 6.07. The number of ether oxygens (including phenoxy) is 1.